The van der Waals surface area contributed by atoms with E-state index in [0.717, 1.165) is 18.8 Å². The topological polar surface area (TPSA) is 55.6 Å². The van der Waals surface area contributed by atoms with Crippen molar-refractivity contribution in [2.75, 3.05) is 13.7 Å². The van der Waals surface area contributed by atoms with Gasteiger partial charge < -0.3 is 10.5 Å². The molecule has 0 aliphatic carbocycles. The molecule has 1 saturated heterocycles. The lowest BCUT2D eigenvalue weighted by atomic mass is 10.0. The van der Waals surface area contributed by atoms with Gasteiger partial charge in [0, 0.05) is 18.2 Å². The molecule has 0 aromatic heterocycles. The van der Waals surface area contributed by atoms with Gasteiger partial charge in [-0.25, -0.2) is 0 Å². The Labute approximate surface area is 136 Å². The minimum Gasteiger partial charge on any atom is -0.497 e. The zero-order valence-corrected chi connectivity index (χ0v) is 13.4. The first-order chi connectivity index (χ1) is 11.2. The van der Waals surface area contributed by atoms with Gasteiger partial charge >= 0.3 is 0 Å². The predicted molar refractivity (Wildman–Crippen MR) is 90.3 cm³/mol. The van der Waals surface area contributed by atoms with Crippen molar-refractivity contribution < 1.29 is 9.53 Å². The zero-order chi connectivity index (χ0) is 16.2. The Morgan fingerprint density at radius 1 is 1.17 bits per heavy atom. The summed E-state index contributed by atoms with van der Waals surface area (Å²) in [5.41, 5.74) is 8.38. The Morgan fingerprint density at radius 3 is 2.48 bits per heavy atom. The van der Waals surface area contributed by atoms with Crippen LogP contribution in [0.3, 0.4) is 0 Å². The first-order valence-corrected chi connectivity index (χ1v) is 7.94. The molecule has 3 rings (SSSR count). The molecule has 1 atom stereocenters. The number of benzene rings is 2. The minimum atomic E-state index is -0.381. The van der Waals surface area contributed by atoms with Gasteiger partial charge in [0.25, 0.3) is 0 Å². The van der Waals surface area contributed by atoms with Gasteiger partial charge in [-0.05, 0) is 54.8 Å². The second kappa shape index (κ2) is 6.84. The molecule has 4 heteroatoms. The molecular formula is C19H22N2O2. The van der Waals surface area contributed by atoms with Gasteiger partial charge in [0.1, 0.15) is 5.75 Å². The van der Waals surface area contributed by atoms with E-state index in [-0.39, 0.29) is 5.91 Å². The molecule has 120 valence electrons. The van der Waals surface area contributed by atoms with Crippen LogP contribution in [0.25, 0.3) is 0 Å². The summed E-state index contributed by atoms with van der Waals surface area (Å²) in [6.45, 7) is 1.98. The number of nitrogens with zero attached hydrogens (tertiary/aromatic N) is 1. The highest BCUT2D eigenvalue weighted by atomic mass is 16.5. The fraction of sp³-hybridized carbons (Fsp3) is 0.316. The van der Waals surface area contributed by atoms with Crippen molar-refractivity contribution in [3.8, 4) is 5.75 Å². The molecule has 1 fully saturated rings. The molecule has 2 aromatic carbocycles. The normalized spacial score (nSPS) is 18.0. The maximum absolute atomic E-state index is 11.1. The van der Waals surface area contributed by atoms with E-state index in [4.69, 9.17) is 10.5 Å². The van der Waals surface area contributed by atoms with Gasteiger partial charge in [-0.15, -0.1) is 0 Å². The standard InChI is InChI=1S/C19H22N2O2/c1-23-17-10-8-15(9-11-17)18-3-2-12-21(18)13-14-4-6-16(7-5-14)19(20)22/h4-11,18H,2-3,12-13H2,1H3,(H2,20,22). The van der Waals surface area contributed by atoms with Crippen LogP contribution in [-0.2, 0) is 6.54 Å². The highest BCUT2D eigenvalue weighted by Gasteiger charge is 2.25. The van der Waals surface area contributed by atoms with Crippen molar-refractivity contribution in [3.05, 3.63) is 65.2 Å². The molecule has 1 aliphatic heterocycles. The molecule has 4 nitrogen and oxygen atoms in total. The van der Waals surface area contributed by atoms with E-state index in [1.165, 1.54) is 24.0 Å². The summed E-state index contributed by atoms with van der Waals surface area (Å²) < 4.78 is 5.23. The highest BCUT2D eigenvalue weighted by molar-refractivity contribution is 5.92. The van der Waals surface area contributed by atoms with Gasteiger partial charge in [0.2, 0.25) is 5.91 Å². The van der Waals surface area contributed by atoms with E-state index >= 15 is 0 Å². The summed E-state index contributed by atoms with van der Waals surface area (Å²) in [7, 11) is 1.69. The van der Waals surface area contributed by atoms with Crippen LogP contribution in [0.2, 0.25) is 0 Å². The number of carbonyl (C=O) groups is 1. The molecule has 0 spiro atoms. The third kappa shape index (κ3) is 3.54. The Hall–Kier alpha value is -2.33. The summed E-state index contributed by atoms with van der Waals surface area (Å²) in [5, 5.41) is 0. The summed E-state index contributed by atoms with van der Waals surface area (Å²) in [6.07, 6.45) is 2.38. The average molecular weight is 310 g/mol. The first-order valence-electron chi connectivity index (χ1n) is 7.94. The largest absolute Gasteiger partial charge is 0.497 e. The molecule has 1 aliphatic rings. The Kier molecular flexibility index (Phi) is 4.63. The Morgan fingerprint density at radius 2 is 1.87 bits per heavy atom. The van der Waals surface area contributed by atoms with Crippen molar-refractivity contribution in [3.63, 3.8) is 0 Å². The third-order valence-electron chi connectivity index (χ3n) is 4.49. The van der Waals surface area contributed by atoms with E-state index in [1.54, 1.807) is 19.2 Å². The maximum Gasteiger partial charge on any atom is 0.248 e. The average Bonchev–Trinajstić information content (AvgIpc) is 3.03. The van der Waals surface area contributed by atoms with Crippen molar-refractivity contribution in [2.45, 2.75) is 25.4 Å². The SMILES string of the molecule is COc1ccc(C2CCCN2Cc2ccc(C(N)=O)cc2)cc1. The molecule has 1 unspecified atom stereocenters. The lowest BCUT2D eigenvalue weighted by Crippen LogP contribution is -2.22. The number of methoxy groups -OCH3 is 1. The Bertz CT molecular complexity index is 665. The number of likely N-dealkylation sites (tertiary alicyclic amines) is 1. The second-order valence-corrected chi connectivity index (χ2v) is 5.96. The molecule has 1 heterocycles. The van der Waals surface area contributed by atoms with Crippen molar-refractivity contribution in [1.82, 2.24) is 4.90 Å². The van der Waals surface area contributed by atoms with Crippen LogP contribution in [0.1, 0.15) is 40.4 Å². The Balaban J connectivity index is 1.72. The van der Waals surface area contributed by atoms with E-state index in [2.05, 4.69) is 17.0 Å². The number of primary amides is 1. The number of ether oxygens (including phenoxy) is 1. The number of carbonyl (C=O) groups excluding carboxylic acids is 1. The van der Waals surface area contributed by atoms with Crippen molar-refractivity contribution >= 4 is 5.91 Å². The molecular weight excluding hydrogens is 288 g/mol. The maximum atomic E-state index is 11.1. The molecule has 2 aromatic rings. The summed E-state index contributed by atoms with van der Waals surface area (Å²) in [6, 6.07) is 16.4. The number of hydrogen-bond acceptors (Lipinski definition) is 3. The number of hydrogen-bond donors (Lipinski definition) is 1. The summed E-state index contributed by atoms with van der Waals surface area (Å²) in [5.74, 6) is 0.508. The minimum absolute atomic E-state index is 0.381. The van der Waals surface area contributed by atoms with Crippen LogP contribution < -0.4 is 10.5 Å². The highest BCUT2D eigenvalue weighted by Crippen LogP contribution is 2.33. The van der Waals surface area contributed by atoms with Gasteiger partial charge in [0.05, 0.1) is 7.11 Å². The van der Waals surface area contributed by atoms with Crippen LogP contribution in [0.5, 0.6) is 5.75 Å². The van der Waals surface area contributed by atoms with Crippen LogP contribution in [0, 0.1) is 0 Å². The van der Waals surface area contributed by atoms with Gasteiger partial charge in [0.15, 0.2) is 0 Å². The lowest BCUT2D eigenvalue weighted by Gasteiger charge is -2.25. The second-order valence-electron chi connectivity index (χ2n) is 5.96. The van der Waals surface area contributed by atoms with E-state index < -0.39 is 0 Å². The van der Waals surface area contributed by atoms with Crippen molar-refractivity contribution in [2.24, 2.45) is 5.73 Å². The van der Waals surface area contributed by atoms with E-state index in [0.29, 0.717) is 11.6 Å². The fourth-order valence-corrected chi connectivity index (χ4v) is 3.23. The molecule has 2 N–H and O–H groups in total. The molecule has 1 amide bonds. The number of amides is 1. The smallest absolute Gasteiger partial charge is 0.248 e. The fourth-order valence-electron chi connectivity index (χ4n) is 3.23. The molecule has 0 saturated carbocycles. The van der Waals surface area contributed by atoms with Crippen LogP contribution in [0.4, 0.5) is 0 Å². The van der Waals surface area contributed by atoms with Crippen LogP contribution in [-0.4, -0.2) is 24.5 Å². The molecule has 0 radical (unpaired) electrons. The predicted octanol–water partition coefficient (Wildman–Crippen LogP) is 3.13. The quantitative estimate of drug-likeness (QED) is 0.923. The number of rotatable bonds is 5. The van der Waals surface area contributed by atoms with E-state index in [1.807, 2.05) is 24.3 Å². The molecule has 0 bridgehead atoms. The number of nitrogens with two attached hydrogens (primary N) is 1. The first kappa shape index (κ1) is 15.6. The molecule has 23 heavy (non-hydrogen) atoms. The monoisotopic (exact) mass is 310 g/mol. The van der Waals surface area contributed by atoms with Gasteiger partial charge in [-0.1, -0.05) is 24.3 Å². The van der Waals surface area contributed by atoms with Crippen molar-refractivity contribution in [1.29, 1.82) is 0 Å². The lowest BCUT2D eigenvalue weighted by molar-refractivity contribution is 0.100. The summed E-state index contributed by atoms with van der Waals surface area (Å²) in [4.78, 5) is 13.6. The summed E-state index contributed by atoms with van der Waals surface area (Å²) >= 11 is 0. The zero-order valence-electron chi connectivity index (χ0n) is 13.4. The van der Waals surface area contributed by atoms with E-state index in [9.17, 15) is 4.79 Å². The third-order valence-corrected chi connectivity index (χ3v) is 4.49. The van der Waals surface area contributed by atoms with Crippen LogP contribution in [0.15, 0.2) is 48.5 Å². The van der Waals surface area contributed by atoms with Crippen LogP contribution >= 0.6 is 0 Å². The van der Waals surface area contributed by atoms with Gasteiger partial charge in [-0.3, -0.25) is 9.69 Å². The van der Waals surface area contributed by atoms with Gasteiger partial charge in [-0.2, -0.15) is 0 Å².